The number of nitrogens with zero attached hydrogens (tertiary/aromatic N) is 2. The van der Waals surface area contributed by atoms with E-state index in [9.17, 15) is 14.9 Å². The van der Waals surface area contributed by atoms with Crippen LogP contribution < -0.4 is 16.0 Å². The summed E-state index contributed by atoms with van der Waals surface area (Å²) in [5, 5.41) is 12.3. The fourth-order valence-electron chi connectivity index (χ4n) is 4.09. The number of morpholine rings is 1. The Morgan fingerprint density at radius 2 is 1.82 bits per heavy atom. The first-order chi connectivity index (χ1) is 13.6. The number of hydrogen-bond acceptors (Lipinski definition) is 5. The third kappa shape index (κ3) is 5.02. The van der Waals surface area contributed by atoms with E-state index in [0.29, 0.717) is 19.3 Å². The second kappa shape index (κ2) is 9.56. The molecule has 1 saturated heterocycles. The number of rotatable bonds is 6. The monoisotopic (exact) mass is 384 g/mol. The zero-order chi connectivity index (χ0) is 19.9. The molecular formula is C21H28N4O3. The fraction of sp³-hybridized carbons (Fsp3) is 0.571. The molecule has 3 atom stereocenters. The van der Waals surface area contributed by atoms with Gasteiger partial charge >= 0.3 is 0 Å². The number of nitrogens with two attached hydrogens (primary N) is 1. The number of ether oxygens (including phenoxy) is 1. The molecule has 1 aromatic rings. The minimum atomic E-state index is -0.628. The normalized spacial score (nSPS) is 23.5. The zero-order valence-electron chi connectivity index (χ0n) is 16.1. The van der Waals surface area contributed by atoms with Gasteiger partial charge in [0, 0.05) is 37.0 Å². The molecule has 0 aromatic heterocycles. The molecule has 28 heavy (non-hydrogen) atoms. The second-order valence-electron chi connectivity index (χ2n) is 7.56. The van der Waals surface area contributed by atoms with Crippen molar-refractivity contribution in [2.24, 2.45) is 17.6 Å². The molecule has 0 unspecified atom stereocenters. The van der Waals surface area contributed by atoms with Crippen molar-refractivity contribution in [2.45, 2.75) is 38.1 Å². The van der Waals surface area contributed by atoms with Gasteiger partial charge in [0.2, 0.25) is 11.8 Å². The van der Waals surface area contributed by atoms with Gasteiger partial charge in [-0.05, 0) is 30.5 Å². The molecule has 1 saturated carbocycles. The summed E-state index contributed by atoms with van der Waals surface area (Å²) < 4.78 is 5.37. The molecular weight excluding hydrogens is 356 g/mol. The molecule has 3 rings (SSSR count). The Bertz CT molecular complexity index is 722. The van der Waals surface area contributed by atoms with Crippen LogP contribution in [-0.4, -0.2) is 44.2 Å². The molecule has 2 fully saturated rings. The molecule has 0 bridgehead atoms. The van der Waals surface area contributed by atoms with E-state index in [2.05, 4.69) is 16.3 Å². The smallest absolute Gasteiger partial charge is 0.224 e. The molecule has 2 aliphatic rings. The van der Waals surface area contributed by atoms with Gasteiger partial charge in [0.15, 0.2) is 0 Å². The number of nitriles is 1. The number of amides is 2. The summed E-state index contributed by atoms with van der Waals surface area (Å²) in [5.74, 6) is -1.52. The van der Waals surface area contributed by atoms with Gasteiger partial charge in [0.25, 0.3) is 0 Å². The van der Waals surface area contributed by atoms with E-state index in [-0.39, 0.29) is 5.91 Å². The quantitative estimate of drug-likeness (QED) is 0.770. The standard InChI is InChI=1S/C21H28N4O3/c22-14-16(24-21(27)19-4-2-1-3-18(19)20(23)26)13-15-5-7-17(8-6-15)25-9-11-28-12-10-25/h5-8,16,18-19H,1-4,9-13H2,(H2,23,26)(H,24,27)/t16-,18-,19+/m0/s1. The van der Waals surface area contributed by atoms with Gasteiger partial charge in [-0.2, -0.15) is 5.26 Å². The minimum absolute atomic E-state index is 0.236. The molecule has 7 nitrogen and oxygen atoms in total. The SMILES string of the molecule is N#C[C@H](Cc1ccc(N2CCOCC2)cc1)NC(=O)[C@@H]1CCCC[C@@H]1C(N)=O. The molecule has 7 heteroatoms. The number of anilines is 1. The predicted molar refractivity (Wildman–Crippen MR) is 105 cm³/mol. The summed E-state index contributed by atoms with van der Waals surface area (Å²) in [4.78, 5) is 26.6. The van der Waals surface area contributed by atoms with Gasteiger partial charge in [-0.3, -0.25) is 9.59 Å². The number of nitrogens with one attached hydrogen (secondary N) is 1. The van der Waals surface area contributed by atoms with Crippen LogP contribution in [0, 0.1) is 23.2 Å². The van der Waals surface area contributed by atoms with E-state index < -0.39 is 23.8 Å². The molecule has 3 N–H and O–H groups in total. The zero-order valence-corrected chi connectivity index (χ0v) is 16.1. The van der Waals surface area contributed by atoms with Crippen LogP contribution in [0.1, 0.15) is 31.2 Å². The van der Waals surface area contributed by atoms with Crippen LogP contribution in [0.4, 0.5) is 5.69 Å². The third-order valence-electron chi connectivity index (χ3n) is 5.69. The lowest BCUT2D eigenvalue weighted by Gasteiger charge is -2.29. The lowest BCUT2D eigenvalue weighted by molar-refractivity contribution is -0.135. The lowest BCUT2D eigenvalue weighted by Crippen LogP contribution is -2.45. The largest absolute Gasteiger partial charge is 0.378 e. The van der Waals surface area contributed by atoms with Gasteiger partial charge < -0.3 is 20.7 Å². The van der Waals surface area contributed by atoms with Gasteiger partial charge in [-0.15, -0.1) is 0 Å². The van der Waals surface area contributed by atoms with Gasteiger partial charge in [-0.1, -0.05) is 25.0 Å². The molecule has 1 aromatic carbocycles. The summed E-state index contributed by atoms with van der Waals surface area (Å²) in [7, 11) is 0. The minimum Gasteiger partial charge on any atom is -0.378 e. The van der Waals surface area contributed by atoms with E-state index in [1.165, 1.54) is 0 Å². The van der Waals surface area contributed by atoms with Gasteiger partial charge in [-0.25, -0.2) is 0 Å². The van der Waals surface area contributed by atoms with E-state index in [4.69, 9.17) is 10.5 Å². The number of hydrogen-bond donors (Lipinski definition) is 2. The summed E-state index contributed by atoms with van der Waals surface area (Å²) in [5.41, 5.74) is 7.58. The predicted octanol–water partition coefficient (Wildman–Crippen LogP) is 1.37. The van der Waals surface area contributed by atoms with Crippen LogP contribution in [0.2, 0.25) is 0 Å². The number of primary amides is 1. The number of benzene rings is 1. The highest BCUT2D eigenvalue weighted by atomic mass is 16.5. The summed E-state index contributed by atoms with van der Waals surface area (Å²) >= 11 is 0. The first-order valence-corrected chi connectivity index (χ1v) is 9.99. The van der Waals surface area contributed by atoms with E-state index >= 15 is 0 Å². The van der Waals surface area contributed by atoms with E-state index in [1.807, 2.05) is 24.3 Å². The lowest BCUT2D eigenvalue weighted by atomic mass is 9.78. The van der Waals surface area contributed by atoms with Crippen molar-refractivity contribution in [1.29, 1.82) is 5.26 Å². The van der Waals surface area contributed by atoms with Crippen molar-refractivity contribution < 1.29 is 14.3 Å². The molecule has 0 radical (unpaired) electrons. The summed E-state index contributed by atoms with van der Waals surface area (Å²) in [6.07, 6.45) is 3.54. The molecule has 1 heterocycles. The van der Waals surface area contributed by atoms with Crippen LogP contribution in [0.25, 0.3) is 0 Å². The second-order valence-corrected chi connectivity index (χ2v) is 7.56. The maximum atomic E-state index is 12.6. The topological polar surface area (TPSA) is 108 Å². The van der Waals surface area contributed by atoms with Crippen LogP contribution in [0.15, 0.2) is 24.3 Å². The van der Waals surface area contributed by atoms with E-state index in [0.717, 1.165) is 50.4 Å². The van der Waals surface area contributed by atoms with Crippen LogP contribution >= 0.6 is 0 Å². The Balaban J connectivity index is 1.58. The number of carbonyl (C=O) groups excluding carboxylic acids is 2. The summed E-state index contributed by atoms with van der Waals surface area (Å²) in [6, 6.07) is 9.61. The van der Waals surface area contributed by atoms with Crippen molar-refractivity contribution in [3.05, 3.63) is 29.8 Å². The Hall–Kier alpha value is -2.59. The van der Waals surface area contributed by atoms with Crippen molar-refractivity contribution in [1.82, 2.24) is 5.32 Å². The van der Waals surface area contributed by atoms with Gasteiger partial charge in [0.05, 0.1) is 19.3 Å². The molecule has 150 valence electrons. The summed E-state index contributed by atoms with van der Waals surface area (Å²) in [6.45, 7) is 3.22. The highest BCUT2D eigenvalue weighted by Gasteiger charge is 2.35. The van der Waals surface area contributed by atoms with Crippen molar-refractivity contribution in [2.75, 3.05) is 31.2 Å². The maximum absolute atomic E-state index is 12.6. The van der Waals surface area contributed by atoms with Crippen molar-refractivity contribution in [3.63, 3.8) is 0 Å². The van der Waals surface area contributed by atoms with Gasteiger partial charge in [0.1, 0.15) is 6.04 Å². The average Bonchev–Trinajstić information content (AvgIpc) is 2.74. The maximum Gasteiger partial charge on any atom is 0.224 e. The first kappa shape index (κ1) is 20.2. The highest BCUT2D eigenvalue weighted by Crippen LogP contribution is 2.30. The van der Waals surface area contributed by atoms with Crippen LogP contribution in [0.3, 0.4) is 0 Å². The van der Waals surface area contributed by atoms with Crippen LogP contribution in [-0.2, 0) is 20.7 Å². The molecule has 2 amide bonds. The average molecular weight is 384 g/mol. The van der Waals surface area contributed by atoms with Crippen molar-refractivity contribution in [3.8, 4) is 6.07 Å². The fourth-order valence-corrected chi connectivity index (χ4v) is 4.09. The Morgan fingerprint density at radius 1 is 1.18 bits per heavy atom. The Morgan fingerprint density at radius 3 is 2.43 bits per heavy atom. The molecule has 1 aliphatic carbocycles. The van der Waals surface area contributed by atoms with Crippen LogP contribution in [0.5, 0.6) is 0 Å². The highest BCUT2D eigenvalue weighted by molar-refractivity contribution is 5.87. The molecule has 0 spiro atoms. The first-order valence-electron chi connectivity index (χ1n) is 9.99. The Kier molecular flexibility index (Phi) is 6.88. The molecule has 1 aliphatic heterocycles. The third-order valence-corrected chi connectivity index (χ3v) is 5.69. The Labute approximate surface area is 165 Å². The van der Waals surface area contributed by atoms with Crippen molar-refractivity contribution >= 4 is 17.5 Å². The number of carbonyl (C=O) groups is 2. The van der Waals surface area contributed by atoms with E-state index in [1.54, 1.807) is 0 Å².